The van der Waals surface area contributed by atoms with Crippen molar-refractivity contribution in [3.8, 4) is 5.75 Å². The Morgan fingerprint density at radius 1 is 1.12 bits per heavy atom. The third-order valence-corrected chi connectivity index (χ3v) is 4.59. The molecule has 2 aromatic carbocycles. The maximum atomic E-state index is 12.8. The summed E-state index contributed by atoms with van der Waals surface area (Å²) in [7, 11) is 1.59. The van der Waals surface area contributed by atoms with Gasteiger partial charge in [0.15, 0.2) is 0 Å². The fourth-order valence-corrected chi connectivity index (χ4v) is 2.91. The largest absolute Gasteiger partial charge is 0.497 e. The number of methoxy groups -OCH3 is 1. The van der Waals surface area contributed by atoms with Gasteiger partial charge in [0.25, 0.3) is 5.56 Å². The summed E-state index contributed by atoms with van der Waals surface area (Å²) in [6, 6.07) is 12.4. The van der Waals surface area contributed by atoms with Gasteiger partial charge in [0.2, 0.25) is 5.91 Å². The topological polar surface area (TPSA) is 60.3 Å². The van der Waals surface area contributed by atoms with Crippen molar-refractivity contribution in [3.63, 3.8) is 0 Å². The Balaban J connectivity index is 1.92. The highest BCUT2D eigenvalue weighted by atomic mass is 16.5. The van der Waals surface area contributed by atoms with Gasteiger partial charge in [-0.05, 0) is 67.6 Å². The predicted octanol–water partition coefficient (Wildman–Crippen LogP) is 3.83. The highest BCUT2D eigenvalue weighted by molar-refractivity contribution is 5.94. The van der Waals surface area contributed by atoms with E-state index in [1.54, 1.807) is 32.4 Å². The lowest BCUT2D eigenvalue weighted by Gasteiger charge is -2.17. The molecular formula is C21H22N2O3. The zero-order chi connectivity index (χ0) is 18.8. The minimum atomic E-state index is -0.631. The molecule has 0 fully saturated rings. The molecule has 1 atom stereocenters. The zero-order valence-electron chi connectivity index (χ0n) is 15.4. The highest BCUT2D eigenvalue weighted by Gasteiger charge is 2.18. The van der Waals surface area contributed by atoms with Gasteiger partial charge in [-0.1, -0.05) is 12.1 Å². The SMILES string of the molecule is COc1ccc2c(=O)n(C(C)C(=O)Nc3cc(C)ccc3C)ccc2c1. The first-order valence-electron chi connectivity index (χ1n) is 8.47. The van der Waals surface area contributed by atoms with Crippen LogP contribution in [0.5, 0.6) is 5.75 Å². The second-order valence-corrected chi connectivity index (χ2v) is 6.46. The van der Waals surface area contributed by atoms with E-state index in [0.717, 1.165) is 22.2 Å². The minimum Gasteiger partial charge on any atom is -0.497 e. The van der Waals surface area contributed by atoms with Crippen LogP contribution in [-0.2, 0) is 4.79 Å². The van der Waals surface area contributed by atoms with E-state index in [2.05, 4.69) is 5.32 Å². The lowest BCUT2D eigenvalue weighted by atomic mass is 10.1. The van der Waals surface area contributed by atoms with Crippen molar-refractivity contribution in [2.24, 2.45) is 0 Å². The van der Waals surface area contributed by atoms with Gasteiger partial charge in [0.1, 0.15) is 11.8 Å². The molecule has 0 saturated heterocycles. The Morgan fingerprint density at radius 2 is 1.88 bits per heavy atom. The van der Waals surface area contributed by atoms with E-state index in [1.807, 2.05) is 44.2 Å². The van der Waals surface area contributed by atoms with Gasteiger partial charge in [0, 0.05) is 17.3 Å². The molecule has 134 valence electrons. The molecule has 0 aliphatic rings. The summed E-state index contributed by atoms with van der Waals surface area (Å²) < 4.78 is 6.65. The number of fused-ring (bicyclic) bond motifs is 1. The van der Waals surface area contributed by atoms with Gasteiger partial charge in [-0.25, -0.2) is 0 Å². The van der Waals surface area contributed by atoms with Crippen molar-refractivity contribution < 1.29 is 9.53 Å². The van der Waals surface area contributed by atoms with Crippen molar-refractivity contribution in [3.05, 3.63) is 70.1 Å². The summed E-state index contributed by atoms with van der Waals surface area (Å²) in [5.74, 6) is 0.462. The maximum Gasteiger partial charge on any atom is 0.259 e. The molecule has 26 heavy (non-hydrogen) atoms. The average molecular weight is 350 g/mol. The van der Waals surface area contributed by atoms with E-state index < -0.39 is 6.04 Å². The molecule has 0 radical (unpaired) electrons. The molecule has 0 saturated carbocycles. The molecule has 1 amide bonds. The predicted molar refractivity (Wildman–Crippen MR) is 104 cm³/mol. The van der Waals surface area contributed by atoms with Crippen molar-refractivity contribution >= 4 is 22.4 Å². The number of pyridine rings is 1. The molecule has 3 aromatic rings. The number of benzene rings is 2. The number of nitrogens with zero attached hydrogens (tertiary/aromatic N) is 1. The van der Waals surface area contributed by atoms with Gasteiger partial charge in [-0.3, -0.25) is 9.59 Å². The first-order chi connectivity index (χ1) is 12.4. The van der Waals surface area contributed by atoms with Gasteiger partial charge in [0.05, 0.1) is 7.11 Å². The number of carbonyl (C=O) groups is 1. The summed E-state index contributed by atoms with van der Waals surface area (Å²) in [6.45, 7) is 5.63. The third kappa shape index (κ3) is 3.33. The van der Waals surface area contributed by atoms with Crippen LogP contribution in [-0.4, -0.2) is 17.6 Å². The van der Waals surface area contributed by atoms with E-state index in [0.29, 0.717) is 11.1 Å². The number of hydrogen-bond donors (Lipinski definition) is 1. The maximum absolute atomic E-state index is 12.8. The normalized spacial score (nSPS) is 12.0. The summed E-state index contributed by atoms with van der Waals surface area (Å²) in [4.78, 5) is 25.5. The number of anilines is 1. The number of nitrogens with one attached hydrogen (secondary N) is 1. The molecule has 5 nitrogen and oxygen atoms in total. The van der Waals surface area contributed by atoms with Crippen LogP contribution in [0.25, 0.3) is 10.8 Å². The fourth-order valence-electron chi connectivity index (χ4n) is 2.91. The Labute approximate surface area is 152 Å². The van der Waals surface area contributed by atoms with Crippen molar-refractivity contribution in [1.29, 1.82) is 0 Å². The van der Waals surface area contributed by atoms with Crippen molar-refractivity contribution in [1.82, 2.24) is 4.57 Å². The minimum absolute atomic E-state index is 0.200. The number of ether oxygens (including phenoxy) is 1. The third-order valence-electron chi connectivity index (χ3n) is 4.59. The molecule has 3 rings (SSSR count). The summed E-state index contributed by atoms with van der Waals surface area (Å²) in [5, 5.41) is 4.26. The van der Waals surface area contributed by atoms with E-state index in [-0.39, 0.29) is 11.5 Å². The van der Waals surface area contributed by atoms with Crippen molar-refractivity contribution in [2.45, 2.75) is 26.8 Å². The van der Waals surface area contributed by atoms with Crippen LogP contribution in [0.2, 0.25) is 0 Å². The quantitative estimate of drug-likeness (QED) is 0.778. The lowest BCUT2D eigenvalue weighted by Crippen LogP contribution is -2.31. The van der Waals surface area contributed by atoms with E-state index in [9.17, 15) is 9.59 Å². The molecule has 0 bridgehead atoms. The van der Waals surface area contributed by atoms with Crippen LogP contribution >= 0.6 is 0 Å². The van der Waals surface area contributed by atoms with Gasteiger partial charge < -0.3 is 14.6 Å². The van der Waals surface area contributed by atoms with E-state index in [1.165, 1.54) is 4.57 Å². The first kappa shape index (κ1) is 17.7. The van der Waals surface area contributed by atoms with Crippen LogP contribution in [0.15, 0.2) is 53.5 Å². The molecule has 0 spiro atoms. The Kier molecular flexibility index (Phi) is 4.80. The van der Waals surface area contributed by atoms with Gasteiger partial charge >= 0.3 is 0 Å². The van der Waals surface area contributed by atoms with Gasteiger partial charge in [-0.15, -0.1) is 0 Å². The molecule has 1 heterocycles. The Morgan fingerprint density at radius 3 is 2.62 bits per heavy atom. The standard InChI is InChI=1S/C21H22N2O3/c1-13-5-6-14(2)19(11-13)22-20(24)15(3)23-10-9-16-12-17(26-4)7-8-18(16)21(23)25/h5-12,15H,1-4H3,(H,22,24). The van der Waals surface area contributed by atoms with Crippen LogP contribution < -0.4 is 15.6 Å². The summed E-state index contributed by atoms with van der Waals surface area (Å²) in [5.41, 5.74) is 2.61. The second kappa shape index (κ2) is 7.04. The lowest BCUT2D eigenvalue weighted by molar-refractivity contribution is -0.118. The molecular weight excluding hydrogens is 328 g/mol. The summed E-state index contributed by atoms with van der Waals surface area (Å²) in [6.07, 6.45) is 1.65. The molecule has 1 unspecified atom stereocenters. The smallest absolute Gasteiger partial charge is 0.259 e. The number of amides is 1. The second-order valence-electron chi connectivity index (χ2n) is 6.46. The van der Waals surface area contributed by atoms with Crippen LogP contribution in [0, 0.1) is 13.8 Å². The number of hydrogen-bond acceptors (Lipinski definition) is 3. The molecule has 1 N–H and O–H groups in total. The molecule has 1 aromatic heterocycles. The highest BCUT2D eigenvalue weighted by Crippen LogP contribution is 2.20. The number of aromatic nitrogens is 1. The van der Waals surface area contributed by atoms with Crippen LogP contribution in [0.1, 0.15) is 24.1 Å². The fraction of sp³-hybridized carbons (Fsp3) is 0.238. The number of carbonyl (C=O) groups excluding carboxylic acids is 1. The van der Waals surface area contributed by atoms with Gasteiger partial charge in [-0.2, -0.15) is 0 Å². The van der Waals surface area contributed by atoms with Crippen LogP contribution in [0.4, 0.5) is 5.69 Å². The Bertz CT molecular complexity index is 1040. The van der Waals surface area contributed by atoms with E-state index >= 15 is 0 Å². The van der Waals surface area contributed by atoms with Crippen molar-refractivity contribution in [2.75, 3.05) is 12.4 Å². The molecule has 5 heteroatoms. The van der Waals surface area contributed by atoms with Crippen LogP contribution in [0.3, 0.4) is 0 Å². The zero-order valence-corrected chi connectivity index (χ0v) is 15.4. The number of rotatable bonds is 4. The Hall–Kier alpha value is -3.08. The monoisotopic (exact) mass is 350 g/mol. The average Bonchev–Trinajstić information content (AvgIpc) is 2.64. The molecule has 0 aliphatic carbocycles. The van der Waals surface area contributed by atoms with E-state index in [4.69, 9.17) is 4.74 Å². The first-order valence-corrected chi connectivity index (χ1v) is 8.47. The molecule has 0 aliphatic heterocycles. The summed E-state index contributed by atoms with van der Waals surface area (Å²) >= 11 is 0. The number of aryl methyl sites for hydroxylation is 2.